The lowest BCUT2D eigenvalue weighted by Gasteiger charge is -2.19. The summed E-state index contributed by atoms with van der Waals surface area (Å²) in [6.45, 7) is 1.16. The average Bonchev–Trinajstić information content (AvgIpc) is 2.84. The van der Waals surface area contributed by atoms with Crippen LogP contribution in [0.2, 0.25) is 0 Å². The summed E-state index contributed by atoms with van der Waals surface area (Å²) in [5.41, 5.74) is 5.62. The first-order chi connectivity index (χ1) is 17.1. The van der Waals surface area contributed by atoms with Gasteiger partial charge < -0.3 is 35.7 Å². The number of anilines is 1. The highest BCUT2D eigenvalue weighted by atomic mass is 16.5. The highest BCUT2D eigenvalue weighted by Crippen LogP contribution is 2.37. The summed E-state index contributed by atoms with van der Waals surface area (Å²) >= 11 is 0. The van der Waals surface area contributed by atoms with Gasteiger partial charge in [-0.1, -0.05) is 6.07 Å². The maximum Gasteiger partial charge on any atom is 0.248 e. The van der Waals surface area contributed by atoms with Crippen LogP contribution in [0.15, 0.2) is 57.7 Å². The van der Waals surface area contributed by atoms with Crippen LogP contribution >= 0.6 is 0 Å². The van der Waals surface area contributed by atoms with Crippen molar-refractivity contribution in [1.82, 2.24) is 5.32 Å². The number of amides is 3. The van der Waals surface area contributed by atoms with E-state index < -0.39 is 34.8 Å². The lowest BCUT2D eigenvalue weighted by atomic mass is 9.91. The number of hydrogen-bond donors (Lipinski definition) is 5. The largest absolute Gasteiger partial charge is 0.504 e. The highest BCUT2D eigenvalue weighted by molar-refractivity contribution is 5.96. The third-order valence-electron chi connectivity index (χ3n) is 5.28. The molecular weight excluding hydrogens is 470 g/mol. The zero-order valence-corrected chi connectivity index (χ0v) is 19.5. The molecule has 0 aliphatic carbocycles. The fraction of sp³-hybridized carbons (Fsp3) is 0.200. The molecule has 6 N–H and O–H groups in total. The Morgan fingerprint density at radius 1 is 1.06 bits per heavy atom. The van der Waals surface area contributed by atoms with Gasteiger partial charge in [0.25, 0.3) is 0 Å². The van der Waals surface area contributed by atoms with Gasteiger partial charge in [-0.2, -0.15) is 0 Å². The number of hydrogen-bond acceptors (Lipinski definition) is 8. The topological polar surface area (TPSA) is 181 Å². The molecule has 0 bridgehead atoms. The molecule has 0 aliphatic heterocycles. The van der Waals surface area contributed by atoms with Crippen molar-refractivity contribution in [1.29, 1.82) is 0 Å². The number of ether oxygens (including phenoxy) is 1. The quantitative estimate of drug-likeness (QED) is 0.297. The molecule has 1 heterocycles. The molecule has 1 atom stereocenters. The van der Waals surface area contributed by atoms with E-state index in [1.165, 1.54) is 56.5 Å². The molecule has 11 nitrogen and oxygen atoms in total. The SMILES string of the molecule is COc1cc(C(CC(=O)NCC(=O)Nc2ccc(C(N)=O)cc2)c2oc(C)cc(=O)c2O)ccc1O. The molecule has 36 heavy (non-hydrogen) atoms. The third kappa shape index (κ3) is 6.20. The van der Waals surface area contributed by atoms with E-state index in [0.29, 0.717) is 11.3 Å². The van der Waals surface area contributed by atoms with Crippen LogP contribution < -0.4 is 26.5 Å². The second kappa shape index (κ2) is 11.1. The molecule has 2 aromatic carbocycles. The van der Waals surface area contributed by atoms with Crippen LogP contribution in [0.5, 0.6) is 17.2 Å². The number of rotatable bonds is 9. The van der Waals surface area contributed by atoms with Crippen LogP contribution in [-0.2, 0) is 9.59 Å². The number of carbonyl (C=O) groups is 3. The van der Waals surface area contributed by atoms with Gasteiger partial charge in [-0.05, 0) is 48.9 Å². The van der Waals surface area contributed by atoms with E-state index in [9.17, 15) is 29.4 Å². The summed E-state index contributed by atoms with van der Waals surface area (Å²) in [5, 5.41) is 25.4. The first-order valence-electron chi connectivity index (χ1n) is 10.8. The number of aromatic hydroxyl groups is 2. The molecular formula is C25H25N3O8. The molecule has 3 amide bonds. The molecule has 0 radical (unpaired) electrons. The van der Waals surface area contributed by atoms with Crippen LogP contribution in [0.1, 0.15) is 39.8 Å². The van der Waals surface area contributed by atoms with E-state index in [1.807, 2.05) is 0 Å². The summed E-state index contributed by atoms with van der Waals surface area (Å²) in [5.74, 6) is -3.21. The average molecular weight is 495 g/mol. The summed E-state index contributed by atoms with van der Waals surface area (Å²) in [7, 11) is 1.35. The Morgan fingerprint density at radius 3 is 2.39 bits per heavy atom. The predicted molar refractivity (Wildman–Crippen MR) is 129 cm³/mol. The number of nitrogens with two attached hydrogens (primary N) is 1. The normalized spacial score (nSPS) is 11.4. The van der Waals surface area contributed by atoms with E-state index in [2.05, 4.69) is 10.6 Å². The number of methoxy groups -OCH3 is 1. The Kier molecular flexibility index (Phi) is 7.95. The molecule has 3 rings (SSSR count). The predicted octanol–water partition coefficient (Wildman–Crippen LogP) is 1.74. The van der Waals surface area contributed by atoms with Crippen molar-refractivity contribution in [2.75, 3.05) is 19.0 Å². The van der Waals surface area contributed by atoms with Crippen molar-refractivity contribution >= 4 is 23.4 Å². The van der Waals surface area contributed by atoms with Crippen LogP contribution in [-0.4, -0.2) is 41.6 Å². The van der Waals surface area contributed by atoms with Crippen molar-refractivity contribution in [3.05, 3.63) is 81.4 Å². The maximum absolute atomic E-state index is 12.8. The van der Waals surface area contributed by atoms with Gasteiger partial charge in [-0.15, -0.1) is 0 Å². The summed E-state index contributed by atoms with van der Waals surface area (Å²) < 4.78 is 10.7. The van der Waals surface area contributed by atoms with Crippen LogP contribution in [0.25, 0.3) is 0 Å². The third-order valence-corrected chi connectivity index (χ3v) is 5.28. The van der Waals surface area contributed by atoms with Crippen molar-refractivity contribution in [3.8, 4) is 17.2 Å². The van der Waals surface area contributed by atoms with E-state index in [4.69, 9.17) is 14.9 Å². The molecule has 11 heteroatoms. The standard InChI is InChI=1S/C25H25N3O8/c1-13-9-19(30)23(33)24(36-13)17(15-5-8-18(29)20(10-15)35-2)11-21(31)27-12-22(32)28-16-6-3-14(4-7-16)25(26)34/h3-10,17,29,33H,11-12H2,1-2H3,(H2,26,34)(H,27,31)(H,28,32). The smallest absolute Gasteiger partial charge is 0.248 e. The lowest BCUT2D eigenvalue weighted by Crippen LogP contribution is -2.33. The second-order valence-corrected chi connectivity index (χ2v) is 7.89. The number of nitrogens with one attached hydrogen (secondary N) is 2. The highest BCUT2D eigenvalue weighted by Gasteiger charge is 2.27. The summed E-state index contributed by atoms with van der Waals surface area (Å²) in [4.78, 5) is 48.3. The fourth-order valence-electron chi connectivity index (χ4n) is 3.49. The molecule has 0 spiro atoms. The molecule has 0 saturated carbocycles. The van der Waals surface area contributed by atoms with E-state index in [0.717, 1.165) is 6.07 Å². The van der Waals surface area contributed by atoms with Gasteiger partial charge in [0, 0.05) is 23.7 Å². The molecule has 1 aromatic heterocycles. The zero-order chi connectivity index (χ0) is 26.4. The van der Waals surface area contributed by atoms with Gasteiger partial charge in [0.05, 0.1) is 19.6 Å². The Labute approximate surface area is 205 Å². The zero-order valence-electron chi connectivity index (χ0n) is 19.5. The van der Waals surface area contributed by atoms with Crippen molar-refractivity contribution < 1.29 is 33.8 Å². The Bertz CT molecular complexity index is 1350. The number of benzene rings is 2. The van der Waals surface area contributed by atoms with Crippen LogP contribution in [0.3, 0.4) is 0 Å². The van der Waals surface area contributed by atoms with Gasteiger partial charge in [0.15, 0.2) is 17.3 Å². The van der Waals surface area contributed by atoms with Crippen molar-refractivity contribution in [2.24, 2.45) is 5.73 Å². The Morgan fingerprint density at radius 2 is 1.75 bits per heavy atom. The van der Waals surface area contributed by atoms with Gasteiger partial charge in [-0.25, -0.2) is 0 Å². The minimum Gasteiger partial charge on any atom is -0.504 e. The van der Waals surface area contributed by atoms with Gasteiger partial charge in [0.1, 0.15) is 5.76 Å². The molecule has 0 saturated heterocycles. The monoisotopic (exact) mass is 495 g/mol. The van der Waals surface area contributed by atoms with Gasteiger partial charge in [0.2, 0.25) is 28.9 Å². The molecule has 3 aromatic rings. The minimum atomic E-state index is -0.934. The Hall–Kier alpha value is -4.80. The van der Waals surface area contributed by atoms with Gasteiger partial charge >= 0.3 is 0 Å². The molecule has 0 fully saturated rings. The second-order valence-electron chi connectivity index (χ2n) is 7.89. The number of phenols is 1. The number of phenolic OH excluding ortho intramolecular Hbond substituents is 1. The number of aryl methyl sites for hydroxylation is 1. The maximum atomic E-state index is 12.8. The molecule has 0 aliphatic rings. The first-order valence-corrected chi connectivity index (χ1v) is 10.8. The lowest BCUT2D eigenvalue weighted by molar-refractivity contribution is -0.124. The summed E-state index contributed by atoms with van der Waals surface area (Å²) in [6, 6.07) is 11.3. The van der Waals surface area contributed by atoms with E-state index >= 15 is 0 Å². The molecule has 188 valence electrons. The van der Waals surface area contributed by atoms with Gasteiger partial charge in [-0.3, -0.25) is 19.2 Å². The van der Waals surface area contributed by atoms with E-state index in [-0.39, 0.29) is 41.5 Å². The summed E-state index contributed by atoms with van der Waals surface area (Å²) in [6.07, 6.45) is -0.297. The first kappa shape index (κ1) is 25.8. The van der Waals surface area contributed by atoms with E-state index in [1.54, 1.807) is 0 Å². The minimum absolute atomic E-state index is 0.120. The van der Waals surface area contributed by atoms with Crippen molar-refractivity contribution in [2.45, 2.75) is 19.3 Å². The fourth-order valence-corrected chi connectivity index (χ4v) is 3.49. The van der Waals surface area contributed by atoms with Crippen molar-refractivity contribution in [3.63, 3.8) is 0 Å². The van der Waals surface area contributed by atoms with Crippen LogP contribution in [0, 0.1) is 6.92 Å². The molecule has 1 unspecified atom stereocenters. The number of primary amides is 1. The number of carbonyl (C=O) groups excluding carboxylic acids is 3. The Balaban J connectivity index is 1.76. The van der Waals surface area contributed by atoms with Crippen LogP contribution in [0.4, 0.5) is 5.69 Å².